The Morgan fingerprint density at radius 1 is 1.00 bits per heavy atom. The lowest BCUT2D eigenvalue weighted by molar-refractivity contribution is -0.0499. The largest absolute Gasteiger partial charge is 0.534 e. The maximum absolute atomic E-state index is 12.8. The summed E-state index contributed by atoms with van der Waals surface area (Å²) >= 11 is 0. The molecule has 0 aliphatic rings. The predicted octanol–water partition coefficient (Wildman–Crippen LogP) is 4.18. The summed E-state index contributed by atoms with van der Waals surface area (Å²) in [6.45, 7) is 12.3. The van der Waals surface area contributed by atoms with E-state index in [0.29, 0.717) is 5.19 Å². The van der Waals surface area contributed by atoms with Crippen LogP contribution in [-0.2, 0) is 10.1 Å². The average molecular weight is 413 g/mol. The van der Waals surface area contributed by atoms with Crippen molar-refractivity contribution in [2.45, 2.75) is 64.1 Å². The van der Waals surface area contributed by atoms with Crippen molar-refractivity contribution >= 4 is 36.6 Å². The summed E-state index contributed by atoms with van der Waals surface area (Å²) in [5, 5.41) is 1.76. The second-order valence-corrected chi connectivity index (χ2v) is 19.0. The van der Waals surface area contributed by atoms with Gasteiger partial charge in [0.1, 0.15) is 5.75 Å². The summed E-state index contributed by atoms with van der Waals surface area (Å²) < 4.78 is 66.1. The molecular formula is C16H27F3O3SSi2. The Hall–Kier alpha value is -0.806. The van der Waals surface area contributed by atoms with E-state index in [1.807, 2.05) is 25.7 Å². The minimum atomic E-state index is -5.68. The number of benzene rings is 1. The van der Waals surface area contributed by atoms with Gasteiger partial charge in [-0.3, -0.25) is 0 Å². The van der Waals surface area contributed by atoms with Crippen LogP contribution in [-0.4, -0.2) is 30.1 Å². The van der Waals surface area contributed by atoms with E-state index in [9.17, 15) is 21.6 Å². The maximum atomic E-state index is 12.8. The molecule has 0 aliphatic carbocycles. The molecule has 1 aromatic carbocycles. The van der Waals surface area contributed by atoms with Crippen molar-refractivity contribution < 1.29 is 25.8 Å². The van der Waals surface area contributed by atoms with Crippen molar-refractivity contribution in [2.75, 3.05) is 0 Å². The summed E-state index contributed by atoms with van der Waals surface area (Å²) in [6, 6.07) is 7.78. The first-order valence-corrected chi connectivity index (χ1v) is 15.9. The molecule has 0 bridgehead atoms. The van der Waals surface area contributed by atoms with E-state index >= 15 is 0 Å². The number of hydrogen-bond acceptors (Lipinski definition) is 3. The highest BCUT2D eigenvalue weighted by Crippen LogP contribution is 2.28. The zero-order valence-corrected chi connectivity index (χ0v) is 18.4. The summed E-state index contributed by atoms with van der Waals surface area (Å²) in [7, 11) is -9.76. The van der Waals surface area contributed by atoms with Gasteiger partial charge >= 0.3 is 15.6 Å². The zero-order valence-electron chi connectivity index (χ0n) is 15.6. The normalized spacial score (nSPS) is 13.8. The Balaban J connectivity index is 3.71. The third kappa shape index (κ3) is 4.49. The van der Waals surface area contributed by atoms with E-state index in [4.69, 9.17) is 0 Å². The molecule has 25 heavy (non-hydrogen) atoms. The van der Waals surface area contributed by atoms with Gasteiger partial charge < -0.3 is 4.18 Å². The van der Waals surface area contributed by atoms with Gasteiger partial charge in [-0.1, -0.05) is 75.9 Å². The number of alkyl halides is 3. The van der Waals surface area contributed by atoms with Crippen LogP contribution in [0.1, 0.15) is 20.8 Å². The average Bonchev–Trinajstić information content (AvgIpc) is 2.47. The monoisotopic (exact) mass is 412 g/mol. The number of hydrogen-bond donors (Lipinski definition) is 0. The zero-order chi connectivity index (χ0) is 19.7. The highest BCUT2D eigenvalue weighted by atomic mass is 32.2. The molecule has 0 fully saturated rings. The van der Waals surface area contributed by atoms with Gasteiger partial charge in [0, 0.05) is 0 Å². The van der Waals surface area contributed by atoms with Crippen LogP contribution in [0.4, 0.5) is 13.2 Å². The van der Waals surface area contributed by atoms with Crippen LogP contribution >= 0.6 is 0 Å². The van der Waals surface area contributed by atoms with E-state index in [2.05, 4.69) is 25.0 Å². The highest BCUT2D eigenvalue weighted by molar-refractivity contribution is 7.88. The SMILES string of the molecule is CC[Si](CC)(CC)c1cccc(OS(=O)(=O)C(F)(F)F)c1[Si](C)(C)C. The molecule has 0 radical (unpaired) electrons. The fraction of sp³-hybridized carbons (Fsp3) is 0.625. The molecule has 0 amide bonds. The van der Waals surface area contributed by atoms with Crippen LogP contribution in [0.3, 0.4) is 0 Å². The molecular weight excluding hydrogens is 385 g/mol. The molecule has 1 aromatic rings. The maximum Gasteiger partial charge on any atom is 0.534 e. The lowest BCUT2D eigenvalue weighted by Gasteiger charge is -2.35. The van der Waals surface area contributed by atoms with Crippen LogP contribution in [0, 0.1) is 0 Å². The highest BCUT2D eigenvalue weighted by Gasteiger charge is 2.49. The van der Waals surface area contributed by atoms with E-state index in [1.165, 1.54) is 6.07 Å². The lowest BCUT2D eigenvalue weighted by Crippen LogP contribution is -2.60. The second kappa shape index (κ2) is 7.44. The molecule has 0 unspecified atom stereocenters. The third-order valence-electron chi connectivity index (χ3n) is 4.86. The summed E-state index contributed by atoms with van der Waals surface area (Å²) in [4.78, 5) is 0. The standard InChI is InChI=1S/C16H27F3O3SSi2/c1-7-25(8-2,9-3)14-12-10-11-13(15(14)24(4,5)6)22-23(20,21)16(17,18)19/h10-12H,7-9H2,1-6H3. The van der Waals surface area contributed by atoms with Gasteiger partial charge in [-0.05, 0) is 11.3 Å². The topological polar surface area (TPSA) is 43.4 Å². The second-order valence-electron chi connectivity index (χ2n) is 7.25. The van der Waals surface area contributed by atoms with Gasteiger partial charge in [-0.15, -0.1) is 0 Å². The molecule has 0 spiro atoms. The van der Waals surface area contributed by atoms with Gasteiger partial charge in [0.05, 0.1) is 16.1 Å². The minimum absolute atomic E-state index is 0.152. The van der Waals surface area contributed by atoms with Crippen molar-refractivity contribution in [3.63, 3.8) is 0 Å². The fourth-order valence-electron chi connectivity index (χ4n) is 3.30. The van der Waals surface area contributed by atoms with Crippen molar-refractivity contribution in [1.29, 1.82) is 0 Å². The molecule has 0 saturated carbocycles. The Morgan fingerprint density at radius 3 is 1.84 bits per heavy atom. The molecule has 144 valence electrons. The molecule has 3 nitrogen and oxygen atoms in total. The Morgan fingerprint density at radius 2 is 1.48 bits per heavy atom. The van der Waals surface area contributed by atoms with Crippen molar-refractivity contribution in [2.24, 2.45) is 0 Å². The van der Waals surface area contributed by atoms with Gasteiger partial charge in [-0.2, -0.15) is 21.6 Å². The predicted molar refractivity (Wildman–Crippen MR) is 102 cm³/mol. The van der Waals surface area contributed by atoms with E-state index in [-0.39, 0.29) is 5.75 Å². The van der Waals surface area contributed by atoms with Crippen molar-refractivity contribution in [1.82, 2.24) is 0 Å². The number of rotatable bonds is 7. The first-order valence-electron chi connectivity index (χ1n) is 8.40. The smallest absolute Gasteiger partial charge is 0.376 e. The molecule has 9 heteroatoms. The number of halogens is 3. The Bertz CT molecular complexity index is 698. The van der Waals surface area contributed by atoms with Crippen molar-refractivity contribution in [3.05, 3.63) is 18.2 Å². The Kier molecular flexibility index (Phi) is 6.61. The van der Waals surface area contributed by atoms with E-state index < -0.39 is 31.8 Å². The fourth-order valence-corrected chi connectivity index (χ4v) is 11.3. The molecule has 0 heterocycles. The van der Waals surface area contributed by atoms with Gasteiger partial charge in [0.25, 0.3) is 0 Å². The first kappa shape index (κ1) is 22.2. The minimum Gasteiger partial charge on any atom is -0.376 e. The van der Waals surface area contributed by atoms with Crippen LogP contribution in [0.2, 0.25) is 37.8 Å². The molecule has 0 aliphatic heterocycles. The molecule has 0 atom stereocenters. The van der Waals surface area contributed by atoms with E-state index in [1.54, 1.807) is 6.07 Å². The quantitative estimate of drug-likeness (QED) is 0.383. The first-order chi connectivity index (χ1) is 11.3. The van der Waals surface area contributed by atoms with Crippen molar-refractivity contribution in [3.8, 4) is 5.75 Å². The van der Waals surface area contributed by atoms with Crippen LogP contribution < -0.4 is 14.6 Å². The molecule has 0 saturated heterocycles. The van der Waals surface area contributed by atoms with Crippen LogP contribution in [0.15, 0.2) is 18.2 Å². The van der Waals surface area contributed by atoms with Crippen LogP contribution in [0.25, 0.3) is 0 Å². The lowest BCUT2D eigenvalue weighted by atomic mass is 10.3. The van der Waals surface area contributed by atoms with Gasteiger partial charge in [-0.25, -0.2) is 0 Å². The molecule has 0 aromatic heterocycles. The Labute approximate surface area is 150 Å². The molecule has 0 N–H and O–H groups in total. The van der Waals surface area contributed by atoms with Crippen LogP contribution in [0.5, 0.6) is 5.75 Å². The van der Waals surface area contributed by atoms with E-state index in [0.717, 1.165) is 23.3 Å². The summed E-state index contributed by atoms with van der Waals surface area (Å²) in [6.07, 6.45) is 0. The van der Waals surface area contributed by atoms with Gasteiger partial charge in [0.15, 0.2) is 0 Å². The van der Waals surface area contributed by atoms with Gasteiger partial charge in [0.2, 0.25) is 0 Å². The molecule has 1 rings (SSSR count). The third-order valence-corrected chi connectivity index (χ3v) is 13.7. The summed E-state index contributed by atoms with van der Waals surface area (Å²) in [5.41, 5.74) is -5.44. The summed E-state index contributed by atoms with van der Waals surface area (Å²) in [5.74, 6) is -0.152.